The molecule has 2 heteroatoms. The third-order valence-electron chi connectivity index (χ3n) is 0.643. The van der Waals surface area contributed by atoms with Crippen LogP contribution < -0.4 is 0 Å². The molecule has 0 radical (unpaired) electrons. The molecule has 0 N–H and O–H groups in total. The highest BCUT2D eigenvalue weighted by atomic mass is 14.7. The summed E-state index contributed by atoms with van der Waals surface area (Å²) >= 11 is 0. The highest BCUT2D eigenvalue weighted by Crippen LogP contribution is 1.62. The van der Waals surface area contributed by atoms with E-state index in [0.717, 1.165) is 13.1 Å². The van der Waals surface area contributed by atoms with Gasteiger partial charge < -0.3 is 0 Å². The van der Waals surface area contributed by atoms with Crippen molar-refractivity contribution in [3.63, 3.8) is 0 Å². The van der Waals surface area contributed by atoms with Crippen LogP contribution in [0.5, 0.6) is 0 Å². The first-order valence-corrected chi connectivity index (χ1v) is 2.90. The van der Waals surface area contributed by atoms with Gasteiger partial charge in [0.05, 0.1) is 0 Å². The molecule has 0 aliphatic carbocycles. The van der Waals surface area contributed by atoms with Gasteiger partial charge in [0.1, 0.15) is 0 Å². The van der Waals surface area contributed by atoms with Gasteiger partial charge in [-0.25, -0.2) is 0 Å². The molecule has 2 nitrogen and oxygen atoms in total. The van der Waals surface area contributed by atoms with Gasteiger partial charge >= 0.3 is 0 Å². The summed E-state index contributed by atoms with van der Waals surface area (Å²) in [6.07, 6.45) is 3.45. The molecule has 0 atom stereocenters. The summed E-state index contributed by atoms with van der Waals surface area (Å²) < 4.78 is 0. The fourth-order valence-corrected chi connectivity index (χ4v) is 0.305. The number of hydrogen-bond donors (Lipinski definition) is 0. The van der Waals surface area contributed by atoms with E-state index >= 15 is 0 Å². The first-order chi connectivity index (χ1) is 3.91. The largest absolute Gasteiger partial charge is 0.292 e. The normalized spacial score (nSPS) is 11.8. The zero-order valence-electron chi connectivity index (χ0n) is 5.46. The lowest BCUT2D eigenvalue weighted by Crippen LogP contribution is -1.77. The van der Waals surface area contributed by atoms with Crippen molar-refractivity contribution < 1.29 is 0 Å². The van der Waals surface area contributed by atoms with Crippen molar-refractivity contribution >= 4 is 12.4 Å². The predicted molar refractivity (Wildman–Crippen MR) is 38.1 cm³/mol. The molecule has 0 saturated heterocycles. The molecule has 0 amide bonds. The van der Waals surface area contributed by atoms with Crippen LogP contribution in [0.4, 0.5) is 0 Å². The maximum absolute atomic E-state index is 3.94. The predicted octanol–water partition coefficient (Wildman–Crippen LogP) is 1.17. The smallest absolute Gasteiger partial charge is 0.0390 e. The second kappa shape index (κ2) is 6.34. The van der Waals surface area contributed by atoms with Crippen LogP contribution in [0.3, 0.4) is 0 Å². The lowest BCUT2D eigenvalue weighted by atomic mass is 10.7. The van der Waals surface area contributed by atoms with Gasteiger partial charge in [0.2, 0.25) is 0 Å². The molecule has 0 aliphatic rings. The third kappa shape index (κ3) is 5.34. The van der Waals surface area contributed by atoms with E-state index in [9.17, 15) is 0 Å². The minimum Gasteiger partial charge on any atom is -0.292 e. The Morgan fingerprint density at radius 3 is 1.62 bits per heavy atom. The molecule has 46 valence electrons. The van der Waals surface area contributed by atoms with Gasteiger partial charge in [-0.15, -0.1) is 0 Å². The number of hydrogen-bond acceptors (Lipinski definition) is 2. The topological polar surface area (TPSA) is 24.7 Å². The molecule has 0 fully saturated rings. The first kappa shape index (κ1) is 7.34. The standard InChI is InChI=1S/C6H12N2/c1-3-7-5-6-8-4-2/h5-6H,3-4H2,1-2H3/b7-5-,8-6-. The van der Waals surface area contributed by atoms with Crippen molar-refractivity contribution in [1.82, 2.24) is 0 Å². The molecule has 0 unspecified atom stereocenters. The Bertz CT molecular complexity index is 72.5. The molecule has 8 heavy (non-hydrogen) atoms. The molecule has 0 saturated carbocycles. The molecule has 0 aromatic carbocycles. The number of rotatable bonds is 3. The summed E-state index contributed by atoms with van der Waals surface area (Å²) in [6, 6.07) is 0. The quantitative estimate of drug-likeness (QED) is 0.489. The van der Waals surface area contributed by atoms with E-state index in [2.05, 4.69) is 9.98 Å². The molecule has 0 spiro atoms. The molecule has 0 heterocycles. The van der Waals surface area contributed by atoms with Crippen molar-refractivity contribution in [2.75, 3.05) is 13.1 Å². The fraction of sp³-hybridized carbons (Fsp3) is 0.667. The minimum atomic E-state index is 0.843. The van der Waals surface area contributed by atoms with Crippen LogP contribution in [-0.2, 0) is 0 Å². The van der Waals surface area contributed by atoms with Gasteiger partial charge in [-0.3, -0.25) is 9.98 Å². The van der Waals surface area contributed by atoms with Crippen LogP contribution in [0.15, 0.2) is 9.98 Å². The van der Waals surface area contributed by atoms with Crippen LogP contribution in [-0.4, -0.2) is 25.5 Å². The summed E-state index contributed by atoms with van der Waals surface area (Å²) in [5.41, 5.74) is 0. The molecule has 0 bridgehead atoms. The maximum Gasteiger partial charge on any atom is 0.0390 e. The number of nitrogens with zero attached hydrogens (tertiary/aromatic N) is 2. The van der Waals surface area contributed by atoms with Gasteiger partial charge in [0, 0.05) is 25.5 Å². The average Bonchev–Trinajstić information content (AvgIpc) is 1.81. The van der Waals surface area contributed by atoms with E-state index in [4.69, 9.17) is 0 Å². The highest BCUT2D eigenvalue weighted by Gasteiger charge is 1.62. The van der Waals surface area contributed by atoms with Crippen LogP contribution >= 0.6 is 0 Å². The third-order valence-corrected chi connectivity index (χ3v) is 0.643. The Morgan fingerprint density at radius 2 is 1.38 bits per heavy atom. The van der Waals surface area contributed by atoms with Gasteiger partial charge in [-0.2, -0.15) is 0 Å². The van der Waals surface area contributed by atoms with E-state index in [1.165, 1.54) is 0 Å². The summed E-state index contributed by atoms with van der Waals surface area (Å²) in [7, 11) is 0. The average molecular weight is 112 g/mol. The second-order valence-electron chi connectivity index (χ2n) is 1.30. The molecular weight excluding hydrogens is 100 g/mol. The zero-order valence-corrected chi connectivity index (χ0v) is 5.46. The minimum absolute atomic E-state index is 0.843. The highest BCUT2D eigenvalue weighted by molar-refractivity contribution is 6.15. The van der Waals surface area contributed by atoms with Gasteiger partial charge in [0.15, 0.2) is 0 Å². The zero-order chi connectivity index (χ0) is 6.24. The first-order valence-electron chi connectivity index (χ1n) is 2.90. The SMILES string of the molecule is CC/N=C\C=N/CC. The van der Waals surface area contributed by atoms with Crippen molar-refractivity contribution in [2.45, 2.75) is 13.8 Å². The Balaban J connectivity index is 3.13. The van der Waals surface area contributed by atoms with Crippen LogP contribution in [0, 0.1) is 0 Å². The lowest BCUT2D eigenvalue weighted by molar-refractivity contribution is 1.13. The molecular formula is C6H12N2. The monoisotopic (exact) mass is 112 g/mol. The second-order valence-corrected chi connectivity index (χ2v) is 1.30. The van der Waals surface area contributed by atoms with Gasteiger partial charge in [-0.05, 0) is 13.8 Å². The van der Waals surface area contributed by atoms with Crippen molar-refractivity contribution in [1.29, 1.82) is 0 Å². The number of aliphatic imine (C=N–C) groups is 2. The summed E-state index contributed by atoms with van der Waals surface area (Å²) in [4.78, 5) is 7.87. The van der Waals surface area contributed by atoms with E-state index in [1.54, 1.807) is 12.4 Å². The summed E-state index contributed by atoms with van der Waals surface area (Å²) in [6.45, 7) is 5.68. The van der Waals surface area contributed by atoms with E-state index in [0.29, 0.717) is 0 Å². The lowest BCUT2D eigenvalue weighted by Gasteiger charge is -1.75. The van der Waals surface area contributed by atoms with Gasteiger partial charge in [-0.1, -0.05) is 0 Å². The van der Waals surface area contributed by atoms with Crippen LogP contribution in [0.1, 0.15) is 13.8 Å². The van der Waals surface area contributed by atoms with E-state index < -0.39 is 0 Å². The molecule has 0 aromatic rings. The Labute approximate surface area is 50.4 Å². The van der Waals surface area contributed by atoms with Crippen molar-refractivity contribution in [3.8, 4) is 0 Å². The maximum atomic E-state index is 3.94. The van der Waals surface area contributed by atoms with E-state index in [1.807, 2.05) is 13.8 Å². The Kier molecular flexibility index (Phi) is 5.82. The Hall–Kier alpha value is -0.660. The molecule has 0 aliphatic heterocycles. The summed E-state index contributed by atoms with van der Waals surface area (Å²) in [5.74, 6) is 0. The molecule has 0 aromatic heterocycles. The van der Waals surface area contributed by atoms with Crippen LogP contribution in [0.25, 0.3) is 0 Å². The Morgan fingerprint density at radius 1 is 1.00 bits per heavy atom. The fourth-order valence-electron chi connectivity index (χ4n) is 0.305. The van der Waals surface area contributed by atoms with Gasteiger partial charge in [0.25, 0.3) is 0 Å². The molecule has 0 rings (SSSR count). The van der Waals surface area contributed by atoms with Crippen molar-refractivity contribution in [2.24, 2.45) is 9.98 Å². The summed E-state index contributed by atoms with van der Waals surface area (Å²) in [5, 5.41) is 0. The van der Waals surface area contributed by atoms with Crippen LogP contribution in [0.2, 0.25) is 0 Å². The van der Waals surface area contributed by atoms with E-state index in [-0.39, 0.29) is 0 Å². The van der Waals surface area contributed by atoms with Crippen molar-refractivity contribution in [3.05, 3.63) is 0 Å².